The van der Waals surface area contributed by atoms with E-state index in [2.05, 4.69) is 43.4 Å². The lowest BCUT2D eigenvalue weighted by molar-refractivity contribution is 0.189. The Morgan fingerprint density at radius 2 is 2.00 bits per heavy atom. The van der Waals surface area contributed by atoms with Gasteiger partial charge in [0.25, 0.3) is 0 Å². The number of hydrogen-bond donors (Lipinski definition) is 1. The van der Waals surface area contributed by atoms with Crippen molar-refractivity contribution in [2.45, 2.75) is 44.0 Å². The van der Waals surface area contributed by atoms with Crippen molar-refractivity contribution < 1.29 is 4.74 Å². The van der Waals surface area contributed by atoms with Crippen molar-refractivity contribution in [3.8, 4) is 0 Å². The van der Waals surface area contributed by atoms with Crippen LogP contribution >= 0.6 is 11.8 Å². The summed E-state index contributed by atoms with van der Waals surface area (Å²) < 4.78 is 5.14. The van der Waals surface area contributed by atoms with Crippen LogP contribution in [0.2, 0.25) is 0 Å². The minimum atomic E-state index is 0.585. The molecule has 1 aromatic carbocycles. The van der Waals surface area contributed by atoms with Crippen LogP contribution in [0.4, 0.5) is 0 Å². The van der Waals surface area contributed by atoms with Crippen molar-refractivity contribution in [1.82, 2.24) is 5.32 Å². The van der Waals surface area contributed by atoms with E-state index in [0.29, 0.717) is 6.04 Å². The van der Waals surface area contributed by atoms with Gasteiger partial charge < -0.3 is 10.1 Å². The number of ether oxygens (including phenoxy) is 1. The van der Waals surface area contributed by atoms with Crippen molar-refractivity contribution in [2.75, 3.05) is 26.0 Å². The molecule has 1 unspecified atom stereocenters. The molecule has 1 rings (SSSR count). The maximum atomic E-state index is 5.14. The third-order valence-electron chi connectivity index (χ3n) is 3.06. The average molecular weight is 281 g/mol. The normalized spacial score (nSPS) is 12.6. The number of hydrogen-bond acceptors (Lipinski definition) is 3. The summed E-state index contributed by atoms with van der Waals surface area (Å²) in [6.07, 6.45) is 3.51. The van der Waals surface area contributed by atoms with Crippen molar-refractivity contribution in [2.24, 2.45) is 0 Å². The number of aryl methyl sites for hydroxylation is 1. The minimum absolute atomic E-state index is 0.585. The highest BCUT2D eigenvalue weighted by molar-refractivity contribution is 7.99. The third kappa shape index (κ3) is 7.61. The Morgan fingerprint density at radius 1 is 1.26 bits per heavy atom. The van der Waals surface area contributed by atoms with E-state index >= 15 is 0 Å². The first-order chi connectivity index (χ1) is 9.26. The first-order valence-electron chi connectivity index (χ1n) is 7.18. The number of nitrogens with one attached hydrogen (secondary N) is 1. The molecule has 0 aromatic heterocycles. The van der Waals surface area contributed by atoms with Gasteiger partial charge in [0.05, 0.1) is 0 Å². The zero-order chi connectivity index (χ0) is 13.9. The van der Waals surface area contributed by atoms with E-state index in [4.69, 9.17) is 4.74 Å². The van der Waals surface area contributed by atoms with Crippen LogP contribution in [0.1, 0.15) is 31.7 Å². The summed E-state index contributed by atoms with van der Waals surface area (Å²) in [5.41, 5.74) is 1.32. The van der Waals surface area contributed by atoms with Crippen molar-refractivity contribution >= 4 is 11.8 Å². The molecule has 2 nitrogen and oxygen atoms in total. The lowest BCUT2D eigenvalue weighted by atomic mass is 10.2. The molecule has 0 spiro atoms. The first-order valence-corrected chi connectivity index (χ1v) is 8.16. The van der Waals surface area contributed by atoms with E-state index < -0.39 is 0 Å². The van der Waals surface area contributed by atoms with Crippen LogP contribution in [-0.4, -0.2) is 32.1 Å². The largest absolute Gasteiger partial charge is 0.385 e. The second kappa shape index (κ2) is 10.3. The fourth-order valence-corrected chi connectivity index (χ4v) is 2.90. The molecule has 0 radical (unpaired) electrons. The second-order valence-electron chi connectivity index (χ2n) is 4.91. The van der Waals surface area contributed by atoms with E-state index in [1.807, 2.05) is 11.8 Å². The molecule has 0 fully saturated rings. The lowest BCUT2D eigenvalue weighted by Gasteiger charge is -2.18. The molecule has 1 atom stereocenters. The molecule has 0 bridgehead atoms. The Bertz CT molecular complexity index is 326. The van der Waals surface area contributed by atoms with Gasteiger partial charge in [-0.05, 0) is 44.9 Å². The zero-order valence-corrected chi connectivity index (χ0v) is 13.3. The molecular formula is C16H27NOS. The predicted octanol–water partition coefficient (Wildman–Crippen LogP) is 3.88. The van der Waals surface area contributed by atoms with Crippen LogP contribution < -0.4 is 5.32 Å². The molecule has 19 heavy (non-hydrogen) atoms. The van der Waals surface area contributed by atoms with Gasteiger partial charge in [0.15, 0.2) is 0 Å². The van der Waals surface area contributed by atoms with E-state index in [1.165, 1.54) is 23.3 Å². The second-order valence-corrected chi connectivity index (χ2v) is 6.00. The molecule has 1 aromatic rings. The monoisotopic (exact) mass is 281 g/mol. The Balaban J connectivity index is 2.35. The molecule has 0 aliphatic heterocycles. The van der Waals surface area contributed by atoms with Gasteiger partial charge in [-0.2, -0.15) is 0 Å². The Morgan fingerprint density at radius 3 is 2.63 bits per heavy atom. The average Bonchev–Trinajstić information content (AvgIpc) is 2.43. The summed E-state index contributed by atoms with van der Waals surface area (Å²) in [5.74, 6) is 1.13. The molecule has 1 N–H and O–H groups in total. The quantitative estimate of drug-likeness (QED) is 0.519. The number of rotatable bonds is 10. The number of thioether (sulfide) groups is 1. The van der Waals surface area contributed by atoms with E-state index in [1.54, 1.807) is 7.11 Å². The summed E-state index contributed by atoms with van der Waals surface area (Å²) in [4.78, 5) is 1.36. The van der Waals surface area contributed by atoms with Gasteiger partial charge in [0.1, 0.15) is 0 Å². The van der Waals surface area contributed by atoms with Gasteiger partial charge in [0, 0.05) is 30.4 Å². The van der Waals surface area contributed by atoms with Gasteiger partial charge in [-0.25, -0.2) is 0 Å². The first kappa shape index (κ1) is 16.5. The van der Waals surface area contributed by atoms with Crippen LogP contribution in [0.15, 0.2) is 29.2 Å². The molecule has 0 aliphatic carbocycles. The molecule has 0 saturated heterocycles. The van der Waals surface area contributed by atoms with Crippen LogP contribution in [0, 0.1) is 6.92 Å². The van der Waals surface area contributed by atoms with Crippen LogP contribution in [0.25, 0.3) is 0 Å². The van der Waals surface area contributed by atoms with Gasteiger partial charge in [-0.15, -0.1) is 11.8 Å². The van der Waals surface area contributed by atoms with Crippen LogP contribution in [0.3, 0.4) is 0 Å². The summed E-state index contributed by atoms with van der Waals surface area (Å²) in [6.45, 7) is 6.31. The molecule has 0 saturated carbocycles. The van der Waals surface area contributed by atoms with Gasteiger partial charge >= 0.3 is 0 Å². The van der Waals surface area contributed by atoms with Crippen LogP contribution in [-0.2, 0) is 4.74 Å². The molecule has 3 heteroatoms. The fourth-order valence-electron chi connectivity index (χ4n) is 1.90. The van der Waals surface area contributed by atoms with Crippen molar-refractivity contribution in [3.05, 3.63) is 29.8 Å². The molecule has 0 aliphatic rings. The summed E-state index contributed by atoms with van der Waals surface area (Å²) in [5, 5.41) is 3.63. The van der Waals surface area contributed by atoms with Gasteiger partial charge in [-0.1, -0.05) is 24.6 Å². The van der Waals surface area contributed by atoms with Crippen LogP contribution in [0.5, 0.6) is 0 Å². The molecule has 0 amide bonds. The maximum absolute atomic E-state index is 5.14. The number of methoxy groups -OCH3 is 1. The Kier molecular flexibility index (Phi) is 8.97. The minimum Gasteiger partial charge on any atom is -0.385 e. The van der Waals surface area contributed by atoms with E-state index in [-0.39, 0.29) is 0 Å². The van der Waals surface area contributed by atoms with Crippen molar-refractivity contribution in [3.63, 3.8) is 0 Å². The predicted molar refractivity (Wildman–Crippen MR) is 85.1 cm³/mol. The van der Waals surface area contributed by atoms with Gasteiger partial charge in [-0.3, -0.25) is 0 Å². The van der Waals surface area contributed by atoms with Crippen molar-refractivity contribution in [1.29, 1.82) is 0 Å². The molecule has 108 valence electrons. The fraction of sp³-hybridized carbons (Fsp3) is 0.625. The summed E-state index contributed by atoms with van der Waals surface area (Å²) >= 11 is 1.94. The van der Waals surface area contributed by atoms with E-state index in [0.717, 1.165) is 25.3 Å². The smallest absolute Gasteiger partial charge is 0.0462 e. The molecule has 0 heterocycles. The zero-order valence-electron chi connectivity index (χ0n) is 12.4. The summed E-state index contributed by atoms with van der Waals surface area (Å²) in [7, 11) is 1.77. The van der Waals surface area contributed by atoms with E-state index in [9.17, 15) is 0 Å². The molecular weight excluding hydrogens is 254 g/mol. The SMILES string of the molecule is CCCNC(CCCOC)CSc1ccc(C)cc1. The number of benzene rings is 1. The highest BCUT2D eigenvalue weighted by Crippen LogP contribution is 2.20. The standard InChI is InChI=1S/C16H27NOS/c1-4-11-17-15(6-5-12-18-3)13-19-16-9-7-14(2)8-10-16/h7-10,15,17H,4-6,11-13H2,1-3H3. The maximum Gasteiger partial charge on any atom is 0.0462 e. The Labute approximate surface area is 122 Å². The van der Waals surface area contributed by atoms with Gasteiger partial charge in [0.2, 0.25) is 0 Å². The topological polar surface area (TPSA) is 21.3 Å². The summed E-state index contributed by atoms with van der Waals surface area (Å²) in [6, 6.07) is 9.38. The lowest BCUT2D eigenvalue weighted by Crippen LogP contribution is -2.32. The highest BCUT2D eigenvalue weighted by atomic mass is 32.2. The highest BCUT2D eigenvalue weighted by Gasteiger charge is 2.08. The Hall–Kier alpha value is -0.510. The third-order valence-corrected chi connectivity index (χ3v) is 4.23.